The fourth-order valence-electron chi connectivity index (χ4n) is 3.06. The monoisotopic (exact) mass is 337 g/mol. The molecule has 1 aliphatic rings. The average molecular weight is 337 g/mol. The number of rotatable bonds is 3. The van der Waals surface area contributed by atoms with Crippen molar-refractivity contribution in [2.75, 3.05) is 13.1 Å². The van der Waals surface area contributed by atoms with Crippen molar-refractivity contribution in [3.63, 3.8) is 0 Å². The SMILES string of the molecule is O=C(c1ccco1)N1CCC(Cc2ccc(C(F)(F)F)cc2)CC1. The molecule has 0 aliphatic carbocycles. The molecule has 1 fully saturated rings. The summed E-state index contributed by atoms with van der Waals surface area (Å²) in [5, 5.41) is 0. The van der Waals surface area contributed by atoms with Crippen molar-refractivity contribution in [1.29, 1.82) is 0 Å². The number of benzene rings is 1. The molecule has 2 aromatic rings. The zero-order valence-electron chi connectivity index (χ0n) is 13.1. The number of alkyl halides is 3. The maximum absolute atomic E-state index is 12.6. The quantitative estimate of drug-likeness (QED) is 0.832. The normalized spacial score (nSPS) is 16.4. The number of halogens is 3. The summed E-state index contributed by atoms with van der Waals surface area (Å²) in [6.45, 7) is 1.29. The van der Waals surface area contributed by atoms with Crippen LogP contribution in [0.5, 0.6) is 0 Å². The van der Waals surface area contributed by atoms with Gasteiger partial charge >= 0.3 is 6.18 Å². The van der Waals surface area contributed by atoms with Gasteiger partial charge in [-0.2, -0.15) is 13.2 Å². The predicted octanol–water partition coefficient (Wildman–Crippen LogP) is 4.39. The summed E-state index contributed by atoms with van der Waals surface area (Å²) in [5.41, 5.74) is 0.281. The lowest BCUT2D eigenvalue weighted by molar-refractivity contribution is -0.137. The Hall–Kier alpha value is -2.24. The van der Waals surface area contributed by atoms with Crippen LogP contribution in [0.2, 0.25) is 0 Å². The van der Waals surface area contributed by atoms with Crippen LogP contribution < -0.4 is 0 Å². The maximum atomic E-state index is 12.6. The Morgan fingerprint density at radius 3 is 2.33 bits per heavy atom. The first-order valence-electron chi connectivity index (χ1n) is 7.92. The van der Waals surface area contributed by atoms with Crippen molar-refractivity contribution >= 4 is 5.91 Å². The molecule has 1 saturated heterocycles. The zero-order chi connectivity index (χ0) is 17.2. The number of carbonyl (C=O) groups excluding carboxylic acids is 1. The van der Waals surface area contributed by atoms with Crippen molar-refractivity contribution in [2.24, 2.45) is 5.92 Å². The van der Waals surface area contributed by atoms with Crippen molar-refractivity contribution < 1.29 is 22.4 Å². The van der Waals surface area contributed by atoms with E-state index in [-0.39, 0.29) is 5.91 Å². The fraction of sp³-hybridized carbons (Fsp3) is 0.389. The molecule has 1 aromatic carbocycles. The number of amides is 1. The first kappa shape index (κ1) is 16.6. The van der Waals surface area contributed by atoms with Crippen molar-refractivity contribution in [3.05, 3.63) is 59.5 Å². The molecule has 128 valence electrons. The van der Waals surface area contributed by atoms with E-state index < -0.39 is 11.7 Å². The Morgan fingerprint density at radius 2 is 1.79 bits per heavy atom. The minimum absolute atomic E-state index is 0.104. The molecule has 0 radical (unpaired) electrons. The first-order valence-corrected chi connectivity index (χ1v) is 7.92. The highest BCUT2D eigenvalue weighted by Crippen LogP contribution is 2.30. The van der Waals surface area contributed by atoms with Gasteiger partial charge in [-0.3, -0.25) is 4.79 Å². The van der Waals surface area contributed by atoms with Gasteiger partial charge in [0.2, 0.25) is 0 Å². The van der Waals surface area contributed by atoms with Crippen LogP contribution >= 0.6 is 0 Å². The van der Waals surface area contributed by atoms with Crippen LogP contribution in [0, 0.1) is 5.92 Å². The molecule has 0 bridgehead atoms. The largest absolute Gasteiger partial charge is 0.459 e. The van der Waals surface area contributed by atoms with Gasteiger partial charge in [-0.05, 0) is 55.0 Å². The molecule has 0 spiro atoms. The van der Waals surface area contributed by atoms with E-state index in [1.807, 2.05) is 0 Å². The molecule has 1 amide bonds. The van der Waals surface area contributed by atoms with Gasteiger partial charge in [0.25, 0.3) is 5.91 Å². The molecule has 0 N–H and O–H groups in total. The lowest BCUT2D eigenvalue weighted by Gasteiger charge is -2.31. The average Bonchev–Trinajstić information content (AvgIpc) is 3.09. The fourth-order valence-corrected chi connectivity index (χ4v) is 3.06. The number of nitrogens with zero attached hydrogens (tertiary/aromatic N) is 1. The van der Waals surface area contributed by atoms with E-state index in [0.717, 1.165) is 37.0 Å². The highest BCUT2D eigenvalue weighted by molar-refractivity contribution is 5.91. The zero-order valence-corrected chi connectivity index (χ0v) is 13.1. The van der Waals surface area contributed by atoms with E-state index in [1.54, 1.807) is 29.2 Å². The van der Waals surface area contributed by atoms with Gasteiger partial charge in [-0.1, -0.05) is 12.1 Å². The summed E-state index contributed by atoms with van der Waals surface area (Å²) in [5.74, 6) is 0.617. The molecule has 1 aromatic heterocycles. The van der Waals surface area contributed by atoms with Gasteiger partial charge in [0.1, 0.15) is 0 Å². The number of piperidine rings is 1. The Labute approximate surface area is 138 Å². The molecule has 3 nitrogen and oxygen atoms in total. The first-order chi connectivity index (χ1) is 11.4. The lowest BCUT2D eigenvalue weighted by Crippen LogP contribution is -2.38. The number of likely N-dealkylation sites (tertiary alicyclic amines) is 1. The van der Waals surface area contributed by atoms with E-state index in [9.17, 15) is 18.0 Å². The molecule has 6 heteroatoms. The minimum atomic E-state index is -4.30. The van der Waals surface area contributed by atoms with Crippen molar-refractivity contribution in [3.8, 4) is 0 Å². The van der Waals surface area contributed by atoms with Crippen LogP contribution in [0.1, 0.15) is 34.5 Å². The van der Waals surface area contributed by atoms with Gasteiger partial charge in [-0.15, -0.1) is 0 Å². The second kappa shape index (κ2) is 6.71. The van der Waals surface area contributed by atoms with Crippen LogP contribution in [0.4, 0.5) is 13.2 Å². The molecule has 2 heterocycles. The van der Waals surface area contributed by atoms with E-state index in [1.165, 1.54) is 6.26 Å². The Balaban J connectivity index is 1.53. The minimum Gasteiger partial charge on any atom is -0.459 e. The van der Waals surface area contributed by atoms with Crippen molar-refractivity contribution in [2.45, 2.75) is 25.4 Å². The van der Waals surface area contributed by atoms with Crippen LogP contribution in [-0.2, 0) is 12.6 Å². The van der Waals surface area contributed by atoms with E-state index >= 15 is 0 Å². The predicted molar refractivity (Wildman–Crippen MR) is 82.5 cm³/mol. The van der Waals surface area contributed by atoms with Gasteiger partial charge in [0.05, 0.1) is 11.8 Å². The Bertz CT molecular complexity index is 669. The Morgan fingerprint density at radius 1 is 1.12 bits per heavy atom. The van der Waals surface area contributed by atoms with Crippen molar-refractivity contribution in [1.82, 2.24) is 4.90 Å². The molecule has 0 saturated carbocycles. The Kier molecular flexibility index (Phi) is 4.64. The summed E-state index contributed by atoms with van der Waals surface area (Å²) >= 11 is 0. The smallest absolute Gasteiger partial charge is 0.416 e. The molecule has 0 unspecified atom stereocenters. The highest BCUT2D eigenvalue weighted by Gasteiger charge is 2.30. The number of hydrogen-bond acceptors (Lipinski definition) is 2. The summed E-state index contributed by atoms with van der Waals surface area (Å²) in [6, 6.07) is 8.68. The summed E-state index contributed by atoms with van der Waals surface area (Å²) < 4.78 is 42.8. The van der Waals surface area contributed by atoms with Gasteiger partial charge in [0, 0.05) is 13.1 Å². The molecular formula is C18H18F3NO2. The maximum Gasteiger partial charge on any atom is 0.416 e. The van der Waals surface area contributed by atoms with E-state index in [2.05, 4.69) is 0 Å². The molecule has 24 heavy (non-hydrogen) atoms. The summed E-state index contributed by atoms with van der Waals surface area (Å²) in [6.07, 6.45) is -0.400. The van der Waals surface area contributed by atoms with Gasteiger partial charge in [-0.25, -0.2) is 0 Å². The second-order valence-corrected chi connectivity index (χ2v) is 6.11. The molecule has 1 aliphatic heterocycles. The van der Waals surface area contributed by atoms with Gasteiger partial charge in [0.15, 0.2) is 5.76 Å². The number of hydrogen-bond donors (Lipinski definition) is 0. The standard InChI is InChI=1S/C18H18F3NO2/c19-18(20,21)15-5-3-13(4-6-15)12-14-7-9-22(10-8-14)17(23)16-2-1-11-24-16/h1-6,11,14H,7-10,12H2. The summed E-state index contributed by atoms with van der Waals surface area (Å²) in [4.78, 5) is 13.9. The van der Waals surface area contributed by atoms with Crippen LogP contribution in [0.15, 0.2) is 47.1 Å². The van der Waals surface area contributed by atoms with Crippen LogP contribution in [0.3, 0.4) is 0 Å². The second-order valence-electron chi connectivity index (χ2n) is 6.11. The molecular weight excluding hydrogens is 319 g/mol. The topological polar surface area (TPSA) is 33.5 Å². The number of carbonyl (C=O) groups is 1. The molecule has 0 atom stereocenters. The number of furan rings is 1. The third-order valence-corrected chi connectivity index (χ3v) is 4.44. The molecule has 3 rings (SSSR count). The van der Waals surface area contributed by atoms with Gasteiger partial charge < -0.3 is 9.32 Å². The van der Waals surface area contributed by atoms with E-state index in [0.29, 0.717) is 24.8 Å². The highest BCUT2D eigenvalue weighted by atomic mass is 19.4. The van der Waals surface area contributed by atoms with Crippen LogP contribution in [0.25, 0.3) is 0 Å². The van der Waals surface area contributed by atoms with E-state index in [4.69, 9.17) is 4.42 Å². The summed E-state index contributed by atoms with van der Waals surface area (Å²) in [7, 11) is 0. The third-order valence-electron chi connectivity index (χ3n) is 4.44. The third kappa shape index (κ3) is 3.80. The lowest BCUT2D eigenvalue weighted by atomic mass is 9.90. The van der Waals surface area contributed by atoms with Crippen LogP contribution in [-0.4, -0.2) is 23.9 Å².